The van der Waals surface area contributed by atoms with Crippen LogP contribution in [0.3, 0.4) is 0 Å². The average Bonchev–Trinajstić information content (AvgIpc) is 2.84. The number of rotatable bonds is 21. The summed E-state index contributed by atoms with van der Waals surface area (Å²) in [5.74, 6) is 0. The largest absolute Gasteiger partial charge is 0.512 e. The Bertz CT molecular complexity index is 287. The fourth-order valence-corrected chi connectivity index (χ4v) is 13.7. The van der Waals surface area contributed by atoms with Crippen LogP contribution < -0.4 is 0 Å². The summed E-state index contributed by atoms with van der Waals surface area (Å²) >= 11 is -0.839. The summed E-state index contributed by atoms with van der Waals surface area (Å²) in [6.07, 6.45) is 19.9. The van der Waals surface area contributed by atoms with Crippen molar-refractivity contribution in [3.05, 3.63) is 6.57 Å². The summed E-state index contributed by atoms with van der Waals surface area (Å²) in [4.78, 5) is 0. The number of unbranched alkanes of at least 4 members (excludes halogenated alkanes) is 7. The maximum atomic E-state index is 6.25. The number of nitrogens with zero attached hydrogens (tertiary/aromatic N) is 2. The van der Waals surface area contributed by atoms with Gasteiger partial charge in [0.25, 0.3) is 0 Å². The zero-order valence-corrected chi connectivity index (χ0v) is 26.6. The van der Waals surface area contributed by atoms with Gasteiger partial charge in [-0.25, -0.2) is 0 Å². The second kappa shape index (κ2) is 31.2. The number of hydrogen-bond acceptors (Lipinski definition) is 1. The molecule has 0 bridgehead atoms. The molecular formula is C29H63N2Sn. The summed E-state index contributed by atoms with van der Waals surface area (Å²) in [7, 11) is 0. The Kier molecular flexibility index (Phi) is 35.9. The van der Waals surface area contributed by atoms with Crippen LogP contribution >= 0.6 is 0 Å². The molecule has 0 aliphatic carbocycles. The number of hydrogen-bond donors (Lipinski definition) is 0. The molecule has 0 aliphatic rings. The molecule has 0 aliphatic heterocycles. The molecule has 0 saturated carbocycles. The predicted octanol–water partition coefficient (Wildman–Crippen LogP) is 9.98. The average molecular weight is 559 g/mol. The predicted molar refractivity (Wildman–Crippen MR) is 149 cm³/mol. The monoisotopic (exact) mass is 559 g/mol. The second-order valence-corrected chi connectivity index (χ2v) is 18.3. The van der Waals surface area contributed by atoms with Gasteiger partial charge in [-0.05, 0) is 25.7 Å². The van der Waals surface area contributed by atoms with Crippen LogP contribution in [0.1, 0.15) is 138 Å². The van der Waals surface area contributed by atoms with E-state index in [1.165, 1.54) is 121 Å². The molecule has 0 amide bonds. The Hall–Kier alpha value is 0.249. The molecule has 2 nitrogen and oxygen atoms in total. The van der Waals surface area contributed by atoms with Crippen LogP contribution in [0.2, 0.25) is 13.3 Å². The minimum Gasteiger partial charge on any atom is -0.512 e. The van der Waals surface area contributed by atoms with E-state index in [0.29, 0.717) is 0 Å². The molecule has 0 saturated heterocycles. The van der Waals surface area contributed by atoms with Crippen molar-refractivity contribution in [3.8, 4) is 0 Å². The first-order valence-corrected chi connectivity index (χ1v) is 20.6. The van der Waals surface area contributed by atoms with Crippen LogP contribution in [-0.2, 0) is 0 Å². The van der Waals surface area contributed by atoms with Crippen molar-refractivity contribution in [1.29, 1.82) is 5.26 Å². The van der Waals surface area contributed by atoms with E-state index in [9.17, 15) is 0 Å². The number of quaternary nitrogens is 1. The second-order valence-electron chi connectivity index (χ2n) is 9.71. The third kappa shape index (κ3) is 24.9. The Morgan fingerprint density at radius 3 is 0.844 bits per heavy atom. The molecule has 193 valence electrons. The molecule has 1 radical (unpaired) electrons. The van der Waals surface area contributed by atoms with Crippen LogP contribution in [0.5, 0.6) is 0 Å². The minimum absolute atomic E-state index is 0.839. The molecule has 0 aromatic carbocycles. The Morgan fingerprint density at radius 2 is 0.656 bits per heavy atom. The van der Waals surface area contributed by atoms with Gasteiger partial charge in [-0.2, -0.15) is 0 Å². The van der Waals surface area contributed by atoms with Gasteiger partial charge in [-0.3, -0.25) is 0 Å². The van der Waals surface area contributed by atoms with Crippen LogP contribution in [0.25, 0.3) is 0 Å². The fourth-order valence-electron chi connectivity index (χ4n) is 4.30. The van der Waals surface area contributed by atoms with Crippen molar-refractivity contribution in [1.82, 2.24) is 0 Å². The van der Waals surface area contributed by atoms with Gasteiger partial charge in [0.05, 0.1) is 26.2 Å². The van der Waals surface area contributed by atoms with Crippen molar-refractivity contribution in [2.24, 2.45) is 0 Å². The van der Waals surface area contributed by atoms with Crippen molar-refractivity contribution in [3.63, 3.8) is 0 Å². The first-order chi connectivity index (χ1) is 15.6. The zero-order chi connectivity index (χ0) is 24.9. The van der Waals surface area contributed by atoms with Gasteiger partial charge < -0.3 is 16.3 Å². The molecule has 3 heteroatoms. The molecule has 0 spiro atoms. The van der Waals surface area contributed by atoms with E-state index in [4.69, 9.17) is 11.8 Å². The molecule has 0 N–H and O–H groups in total. The standard InChI is InChI=1S/C16H36N.3C4H9.CN.Sn/c1-5-9-13-17(14-10-6-2,15-11-7-3)16-12-8-4;3*1-3-4-2;1-2;/h5-16H2,1-4H3;3*1,3-4H2,2H3;;/q+1;;;;-1;. The van der Waals surface area contributed by atoms with E-state index in [1.54, 1.807) is 13.3 Å². The van der Waals surface area contributed by atoms with Gasteiger partial charge >= 0.3 is 92.4 Å². The van der Waals surface area contributed by atoms with Gasteiger partial charge in [0.2, 0.25) is 0 Å². The smallest absolute Gasteiger partial charge is 0.488 e. The molecule has 0 aromatic rings. The Balaban J connectivity index is -0.000000502. The maximum absolute atomic E-state index is 6.25. The van der Waals surface area contributed by atoms with Crippen molar-refractivity contribution >= 4 is 19.8 Å². The van der Waals surface area contributed by atoms with Gasteiger partial charge in [0.1, 0.15) is 0 Å². The van der Waals surface area contributed by atoms with E-state index >= 15 is 0 Å². The first-order valence-electron chi connectivity index (χ1n) is 14.5. The SMILES string of the molecule is CCCC[N+](CCCC)(CCCC)CCCC.CCC[CH2][Sn]([CH2]CCC)[CH2]CCC.[C-]#N. The van der Waals surface area contributed by atoms with E-state index in [0.717, 1.165) is 0 Å². The molecule has 0 unspecified atom stereocenters. The molecular weight excluding hydrogens is 495 g/mol. The Labute approximate surface area is 213 Å². The molecule has 0 atom stereocenters. The van der Waals surface area contributed by atoms with Crippen LogP contribution in [0.15, 0.2) is 0 Å². The Morgan fingerprint density at radius 1 is 0.438 bits per heavy atom. The fraction of sp³-hybridized carbons (Fsp3) is 0.966. The van der Waals surface area contributed by atoms with Gasteiger partial charge in [-0.1, -0.05) is 53.4 Å². The first kappa shape index (κ1) is 36.8. The quantitative estimate of drug-likeness (QED) is 0.0781. The van der Waals surface area contributed by atoms with E-state index < -0.39 is 19.8 Å². The van der Waals surface area contributed by atoms with Gasteiger partial charge in [-0.15, -0.1) is 0 Å². The van der Waals surface area contributed by atoms with E-state index in [-0.39, 0.29) is 0 Å². The van der Waals surface area contributed by atoms with Crippen LogP contribution in [0.4, 0.5) is 0 Å². The maximum Gasteiger partial charge on any atom is -0.488 e. The topological polar surface area (TPSA) is 23.8 Å². The summed E-state index contributed by atoms with van der Waals surface area (Å²) in [5.41, 5.74) is 0. The minimum atomic E-state index is -0.839. The normalized spacial score (nSPS) is 10.9. The zero-order valence-electron chi connectivity index (χ0n) is 23.7. The molecule has 0 fully saturated rings. The van der Waals surface area contributed by atoms with Gasteiger partial charge in [0, 0.05) is 0 Å². The summed E-state index contributed by atoms with van der Waals surface area (Å²) in [6.45, 7) is 26.8. The summed E-state index contributed by atoms with van der Waals surface area (Å²) in [6, 6.07) is 0. The van der Waals surface area contributed by atoms with Crippen molar-refractivity contribution < 1.29 is 4.48 Å². The molecule has 32 heavy (non-hydrogen) atoms. The molecule has 0 aromatic heterocycles. The van der Waals surface area contributed by atoms with E-state index in [2.05, 4.69) is 48.5 Å². The van der Waals surface area contributed by atoms with Gasteiger partial charge in [0.15, 0.2) is 0 Å². The van der Waals surface area contributed by atoms with Crippen LogP contribution in [-0.4, -0.2) is 50.4 Å². The van der Waals surface area contributed by atoms with Crippen molar-refractivity contribution in [2.45, 2.75) is 152 Å². The van der Waals surface area contributed by atoms with Crippen molar-refractivity contribution in [2.75, 3.05) is 26.2 Å². The third-order valence-corrected chi connectivity index (χ3v) is 15.7. The third-order valence-electron chi connectivity index (χ3n) is 6.60. The molecule has 0 heterocycles. The van der Waals surface area contributed by atoms with E-state index in [1.807, 2.05) is 0 Å². The van der Waals surface area contributed by atoms with Crippen LogP contribution in [0, 0.1) is 11.8 Å². The summed E-state index contributed by atoms with van der Waals surface area (Å²) < 4.78 is 6.46. The summed E-state index contributed by atoms with van der Waals surface area (Å²) in [5, 5.41) is 6.25. The molecule has 0 rings (SSSR count).